The minimum atomic E-state index is 0. The summed E-state index contributed by atoms with van der Waals surface area (Å²) in [5.74, 6) is 0. The average molecular weight is 526 g/mol. The molecule has 24 heavy (non-hydrogen) atoms. The van der Waals surface area contributed by atoms with E-state index in [4.69, 9.17) is 0 Å². The summed E-state index contributed by atoms with van der Waals surface area (Å²) in [6.45, 7) is 4.22. The van der Waals surface area contributed by atoms with Crippen LogP contribution >= 0.6 is 0 Å². The van der Waals surface area contributed by atoms with Gasteiger partial charge in [-0.1, -0.05) is 13.0 Å². The molecule has 0 spiro atoms. The van der Waals surface area contributed by atoms with Crippen LogP contribution in [-0.2, 0) is 25.8 Å². The molecular weight excluding hydrogens is 510 g/mol. The molecule has 122 valence electrons. The number of benzene rings is 1. The fraction of sp³-hybridized carbons (Fsp3) is 0.176. The topological polar surface area (TPSA) is 43.6 Å². The quantitative estimate of drug-likeness (QED) is 0.264. The molecule has 1 aliphatic rings. The van der Waals surface area contributed by atoms with Gasteiger partial charge in [0.05, 0.1) is 0 Å². The molecule has 0 amide bonds. The second-order valence-corrected chi connectivity index (χ2v) is 4.99. The van der Waals surface area contributed by atoms with Gasteiger partial charge in [0.25, 0.3) is 0 Å². The third kappa shape index (κ3) is 5.43. The van der Waals surface area contributed by atoms with Gasteiger partial charge in [-0.2, -0.15) is 6.08 Å². The van der Waals surface area contributed by atoms with Gasteiger partial charge < -0.3 is 24.8 Å². The molecule has 3 aromatic rings. The maximum Gasteiger partial charge on any atom is 4.00 e. The molecule has 1 heterocycles. The van der Waals surface area contributed by atoms with Crippen molar-refractivity contribution in [3.63, 3.8) is 0 Å². The minimum absolute atomic E-state index is 0. The molecule has 0 bridgehead atoms. The van der Waals surface area contributed by atoms with Crippen LogP contribution in [0.4, 0.5) is 0 Å². The van der Waals surface area contributed by atoms with Crippen LogP contribution in [0.25, 0.3) is 16.5 Å². The molecule has 0 fully saturated rings. The van der Waals surface area contributed by atoms with Crippen molar-refractivity contribution in [2.75, 3.05) is 0 Å². The van der Waals surface area contributed by atoms with Crippen LogP contribution in [0.15, 0.2) is 59.9 Å². The summed E-state index contributed by atoms with van der Waals surface area (Å²) in [6, 6.07) is 12.3. The second-order valence-electron chi connectivity index (χ2n) is 4.99. The Balaban J connectivity index is 0.000000463. The van der Waals surface area contributed by atoms with E-state index in [-0.39, 0.29) is 50.7 Å². The van der Waals surface area contributed by atoms with Crippen LogP contribution in [-0.4, -0.2) is 20.2 Å². The Labute approximate surface area is 173 Å². The third-order valence-electron chi connectivity index (χ3n) is 3.58. The Hall–Kier alpha value is -1.17. The summed E-state index contributed by atoms with van der Waals surface area (Å²) in [6.07, 6.45) is 8.00. The monoisotopic (exact) mass is 526 g/mol. The summed E-state index contributed by atoms with van der Waals surface area (Å²) in [7, 11) is 0. The van der Waals surface area contributed by atoms with E-state index < -0.39 is 0 Å². The zero-order chi connectivity index (χ0) is 14.7. The van der Waals surface area contributed by atoms with Crippen LogP contribution in [0.3, 0.4) is 0 Å². The number of tetrazole rings is 1. The van der Waals surface area contributed by atoms with Gasteiger partial charge in [-0.3, -0.25) is 6.08 Å². The maximum atomic E-state index is 3.84. The molecule has 1 aromatic heterocycles. The first-order valence-corrected chi connectivity index (χ1v) is 6.87. The first-order chi connectivity index (χ1) is 10.2. The van der Waals surface area contributed by atoms with Gasteiger partial charge in [0.15, 0.2) is 0 Å². The van der Waals surface area contributed by atoms with Crippen LogP contribution in [0, 0.1) is 6.08 Å². The van der Waals surface area contributed by atoms with Crippen LogP contribution < -0.4 is 24.8 Å². The molecule has 0 N–H and O–H groups in total. The normalized spacial score (nSPS) is 11.9. The Morgan fingerprint density at radius 2 is 1.92 bits per heavy atom. The Kier molecular flexibility index (Phi) is 10.1. The standard InChI is InChI=1S/C10H7N4.C7H9.2ClH.Hf/c1-2-4-9-6-10(5-8(9)3-1)14-7-11-12-13-14;1-6-4-3-5-7(6)2;;;/h1-7H;4H,3H2,1-2H3;2*1H;/q2*-1;;;+4/p-2. The van der Waals surface area contributed by atoms with Crippen molar-refractivity contribution in [3.05, 3.63) is 66.0 Å². The van der Waals surface area contributed by atoms with Gasteiger partial charge in [0.1, 0.15) is 6.33 Å². The van der Waals surface area contributed by atoms with E-state index >= 15 is 0 Å². The number of hydrogen-bond donors (Lipinski definition) is 0. The zero-order valence-electron chi connectivity index (χ0n) is 13.4. The summed E-state index contributed by atoms with van der Waals surface area (Å²) in [4.78, 5) is 0. The van der Waals surface area contributed by atoms with Crippen molar-refractivity contribution in [1.82, 2.24) is 20.2 Å². The molecule has 2 aromatic carbocycles. The third-order valence-corrected chi connectivity index (χ3v) is 3.58. The van der Waals surface area contributed by atoms with Crippen molar-refractivity contribution in [2.24, 2.45) is 0 Å². The molecule has 0 atom stereocenters. The molecule has 1 aliphatic carbocycles. The van der Waals surface area contributed by atoms with E-state index in [1.165, 1.54) is 21.9 Å². The smallest absolute Gasteiger partial charge is 1.00 e. The van der Waals surface area contributed by atoms with E-state index in [0.717, 1.165) is 12.1 Å². The SMILES string of the molecule is CC1=[C-]CC=C1C.[Cl-].[Cl-].[Hf+4].c1ccc2[cH-]c(-n3cnnn3)cc2c1. The number of hydrogen-bond acceptors (Lipinski definition) is 3. The zero-order valence-corrected chi connectivity index (χ0v) is 18.5. The molecule has 0 saturated heterocycles. The Morgan fingerprint density at radius 3 is 2.42 bits per heavy atom. The molecule has 0 aliphatic heterocycles. The van der Waals surface area contributed by atoms with Gasteiger partial charge in [0, 0.05) is 0 Å². The fourth-order valence-electron chi connectivity index (χ4n) is 2.20. The number of rotatable bonds is 1. The van der Waals surface area contributed by atoms with E-state index in [0.29, 0.717) is 0 Å². The molecule has 4 rings (SSSR count). The molecule has 0 saturated carbocycles. The summed E-state index contributed by atoms with van der Waals surface area (Å²) >= 11 is 0. The van der Waals surface area contributed by atoms with Crippen LogP contribution in [0.1, 0.15) is 20.3 Å². The van der Waals surface area contributed by atoms with Crippen molar-refractivity contribution in [2.45, 2.75) is 20.3 Å². The summed E-state index contributed by atoms with van der Waals surface area (Å²) in [5, 5.41) is 13.5. The predicted molar refractivity (Wildman–Crippen MR) is 83.1 cm³/mol. The van der Waals surface area contributed by atoms with E-state index in [2.05, 4.69) is 65.8 Å². The predicted octanol–water partition coefficient (Wildman–Crippen LogP) is -2.37. The molecule has 0 radical (unpaired) electrons. The van der Waals surface area contributed by atoms with E-state index in [9.17, 15) is 0 Å². The number of fused-ring (bicyclic) bond motifs is 1. The Morgan fingerprint density at radius 1 is 1.17 bits per heavy atom. The Bertz CT molecular complexity index is 758. The van der Waals surface area contributed by atoms with Gasteiger partial charge in [0.2, 0.25) is 0 Å². The van der Waals surface area contributed by atoms with Crippen molar-refractivity contribution in [3.8, 4) is 5.69 Å². The van der Waals surface area contributed by atoms with Crippen molar-refractivity contribution >= 4 is 10.8 Å². The maximum absolute atomic E-state index is 3.84. The first kappa shape index (κ1) is 22.8. The largest absolute Gasteiger partial charge is 4.00 e. The molecule has 0 unspecified atom stereocenters. The van der Waals surface area contributed by atoms with Gasteiger partial charge >= 0.3 is 25.8 Å². The molecular formula is C17H16Cl2HfN4. The van der Waals surface area contributed by atoms with Crippen molar-refractivity contribution < 1.29 is 50.7 Å². The summed E-state index contributed by atoms with van der Waals surface area (Å²) in [5.41, 5.74) is 3.70. The fourth-order valence-corrected chi connectivity index (χ4v) is 2.20. The van der Waals surface area contributed by atoms with Gasteiger partial charge in [-0.25, -0.2) is 15.8 Å². The number of allylic oxidation sites excluding steroid dienone is 4. The second kappa shape index (κ2) is 10.6. The molecule has 7 heteroatoms. The number of aromatic nitrogens is 4. The van der Waals surface area contributed by atoms with Crippen molar-refractivity contribution in [1.29, 1.82) is 0 Å². The first-order valence-electron chi connectivity index (χ1n) is 6.87. The average Bonchev–Trinajstić information content (AvgIpc) is 3.21. The van der Waals surface area contributed by atoms with Gasteiger partial charge in [-0.15, -0.1) is 59.5 Å². The summed E-state index contributed by atoms with van der Waals surface area (Å²) < 4.78 is 1.65. The van der Waals surface area contributed by atoms with Crippen LogP contribution in [0.5, 0.6) is 0 Å². The van der Waals surface area contributed by atoms with E-state index in [1.807, 2.05) is 12.1 Å². The number of halogens is 2. The van der Waals surface area contributed by atoms with Crippen LogP contribution in [0.2, 0.25) is 0 Å². The van der Waals surface area contributed by atoms with Gasteiger partial charge in [-0.05, 0) is 16.1 Å². The molecule has 4 nitrogen and oxygen atoms in total. The minimum Gasteiger partial charge on any atom is -1.00 e. The van der Waals surface area contributed by atoms with E-state index in [1.54, 1.807) is 11.0 Å². The number of nitrogens with zero attached hydrogens (tertiary/aromatic N) is 4.